The molecule has 0 heterocycles. The molecule has 0 unspecified atom stereocenters. The molecule has 4 aromatic carbocycles. The first kappa shape index (κ1) is 89.3. The lowest BCUT2D eigenvalue weighted by atomic mass is 9.98. The highest BCUT2D eigenvalue weighted by Gasteiger charge is 2.32. The molecule has 6 rings (SSSR count). The van der Waals surface area contributed by atoms with E-state index < -0.39 is 44.9 Å². The Kier molecular flexibility index (Phi) is 49.8. The smallest absolute Gasteiger partial charge is 0.409 e. The van der Waals surface area contributed by atoms with E-state index in [0.29, 0.717) is 118 Å². The van der Waals surface area contributed by atoms with E-state index in [0.717, 1.165) is 54.3 Å². The monoisotopic (exact) mass is 1480 g/mol. The number of halogens is 2. The predicted octanol–water partition coefficient (Wildman–Crippen LogP) is 8.25. The molecule has 0 atom stereocenters. The molecule has 578 valence electrons. The zero-order valence-corrected chi connectivity index (χ0v) is 60.7. The minimum atomic E-state index is -1.11. The number of ether oxygens (including phenoxy) is 8. The van der Waals surface area contributed by atoms with E-state index in [1.54, 1.807) is 14.1 Å². The van der Waals surface area contributed by atoms with Gasteiger partial charge in [-0.15, -0.1) is 0 Å². The van der Waals surface area contributed by atoms with E-state index in [-0.39, 0.29) is 94.1 Å². The van der Waals surface area contributed by atoms with Gasteiger partial charge in [0.05, 0.1) is 103 Å². The first-order valence-electron chi connectivity index (χ1n) is 34.7. The average molecular weight is 1480 g/mol. The van der Waals surface area contributed by atoms with Gasteiger partial charge < -0.3 is 78.6 Å². The molecule has 0 aromatic heterocycles. The molecular weight excluding hydrogens is 1370 g/mol. The van der Waals surface area contributed by atoms with E-state index in [9.17, 15) is 47.1 Å². The van der Waals surface area contributed by atoms with Gasteiger partial charge in [-0.1, -0.05) is 112 Å². The maximum Gasteiger partial charge on any atom is 0.409 e. The molecule has 0 saturated carbocycles. The Morgan fingerprint density at radius 1 is 0.467 bits per heavy atom. The first-order chi connectivity index (χ1) is 51.7. The van der Waals surface area contributed by atoms with Crippen molar-refractivity contribution >= 4 is 47.4 Å². The highest BCUT2D eigenvalue weighted by molar-refractivity contribution is 5.89. The number of carboxylic acid groups (broad SMARTS) is 1. The summed E-state index contributed by atoms with van der Waals surface area (Å²) < 4.78 is 73.2. The van der Waals surface area contributed by atoms with Gasteiger partial charge in [0.25, 0.3) is 0 Å². The molecule has 105 heavy (non-hydrogen) atoms. The number of carbonyl (C=O) groups is 8. The van der Waals surface area contributed by atoms with Gasteiger partial charge in [0.1, 0.15) is 32.8 Å². The molecule has 35 heteroatoms. The number of benzene rings is 4. The summed E-state index contributed by atoms with van der Waals surface area (Å²) >= 11 is 0. The number of hydrogen-bond donors (Lipinski definition) is 3. The number of ketones is 2. The largest absolute Gasteiger partial charge is 0.480 e. The summed E-state index contributed by atoms with van der Waals surface area (Å²) in [7, 11) is 7.17. The number of carbonyl (C=O) groups excluding carboxylic acids is 7. The van der Waals surface area contributed by atoms with Crippen molar-refractivity contribution in [2.45, 2.75) is 37.5 Å². The van der Waals surface area contributed by atoms with E-state index in [1.807, 2.05) is 72.8 Å². The van der Waals surface area contributed by atoms with Crippen molar-refractivity contribution in [2.75, 3.05) is 215 Å². The molecule has 0 spiro atoms. The topological polar surface area (TPSA) is 431 Å². The van der Waals surface area contributed by atoms with Crippen LogP contribution in [0.4, 0.5) is 18.4 Å². The Morgan fingerprint density at radius 3 is 1.07 bits per heavy atom. The SMILES string of the molecule is CN(CC(=O)CCCOCCOCCN=[N+]=[N-])C(=O)CN(C)C(=O)OCC1c2ccccc2-c2ccccc21.CN(CC(=O)O)C(=O)CN(C)C(=O)OCC1c2ccccc2-c2ccccc21.CNCC(=O)N(C)CC(=O)CCCOCCOCCN=[N+]=[N-].[2H]CF.[2H]CF.[N-]=[N+]=NCCOCCOCCN. The molecule has 0 fully saturated rings. The van der Waals surface area contributed by atoms with Crippen molar-refractivity contribution in [1.82, 2.24) is 29.8 Å². The van der Waals surface area contributed by atoms with Crippen LogP contribution in [0.1, 0.15) is 62.5 Å². The van der Waals surface area contributed by atoms with E-state index >= 15 is 0 Å². The van der Waals surface area contributed by atoms with Crippen LogP contribution >= 0.6 is 0 Å². The van der Waals surface area contributed by atoms with Crippen LogP contribution in [0.25, 0.3) is 53.6 Å². The number of nitrogens with zero attached hydrogens (tertiary/aromatic N) is 14. The number of alkyl halides is 2. The zero-order chi connectivity index (χ0) is 79.4. The van der Waals surface area contributed by atoms with Gasteiger partial charge >= 0.3 is 18.2 Å². The second-order valence-corrected chi connectivity index (χ2v) is 22.6. The van der Waals surface area contributed by atoms with Crippen LogP contribution in [0.3, 0.4) is 0 Å². The molecule has 2 aliphatic carbocycles. The number of nitrogens with one attached hydrogen (secondary N) is 1. The lowest BCUT2D eigenvalue weighted by Gasteiger charge is -2.22. The van der Waals surface area contributed by atoms with Crippen LogP contribution in [0.15, 0.2) is 112 Å². The van der Waals surface area contributed by atoms with Crippen LogP contribution in [-0.2, 0) is 66.7 Å². The van der Waals surface area contributed by atoms with Crippen LogP contribution in [0.2, 0.25) is 0 Å². The molecule has 5 amide bonds. The van der Waals surface area contributed by atoms with Gasteiger partial charge in [-0.25, -0.2) is 9.59 Å². The predicted molar refractivity (Wildman–Crippen MR) is 388 cm³/mol. The Morgan fingerprint density at radius 2 is 0.762 bits per heavy atom. The molecule has 4 N–H and O–H groups in total. The average Bonchev–Trinajstić information content (AvgIpc) is 1.63. The van der Waals surface area contributed by atoms with Crippen molar-refractivity contribution in [2.24, 2.45) is 21.1 Å². The minimum absolute atomic E-state index is 0.0150. The van der Waals surface area contributed by atoms with Crippen LogP contribution < -0.4 is 11.1 Å². The third-order valence-electron chi connectivity index (χ3n) is 14.9. The quantitative estimate of drug-likeness (QED) is 0.0162. The van der Waals surface area contributed by atoms with Crippen molar-refractivity contribution in [1.29, 1.82) is 0 Å². The van der Waals surface area contributed by atoms with E-state index in [2.05, 4.69) is 59.7 Å². The molecule has 0 saturated heterocycles. The number of amides is 5. The Labute approximate surface area is 614 Å². The number of carboxylic acids is 1. The van der Waals surface area contributed by atoms with Crippen molar-refractivity contribution < 1.29 is 92.9 Å². The van der Waals surface area contributed by atoms with Crippen LogP contribution in [-0.4, -0.2) is 292 Å². The fraction of sp³-hybridized carbons (Fsp3) is 0.543. The van der Waals surface area contributed by atoms with Gasteiger partial charge in [0.2, 0.25) is 17.7 Å². The van der Waals surface area contributed by atoms with Gasteiger partial charge in [-0.2, -0.15) is 0 Å². The normalized spacial score (nSPS) is 11.1. The second-order valence-electron chi connectivity index (χ2n) is 22.6. The zero-order valence-electron chi connectivity index (χ0n) is 62.7. The number of aliphatic carboxylic acids is 1. The fourth-order valence-corrected chi connectivity index (χ4v) is 9.87. The molecule has 2 aliphatic rings. The van der Waals surface area contributed by atoms with Gasteiger partial charge in [-0.05, 0) is 81.0 Å². The van der Waals surface area contributed by atoms with Gasteiger partial charge in [-0.3, -0.25) is 37.5 Å². The molecule has 0 aliphatic heterocycles. The summed E-state index contributed by atoms with van der Waals surface area (Å²) in [5.41, 5.74) is 38.3. The summed E-state index contributed by atoms with van der Waals surface area (Å²) in [6, 6.07) is 32.2. The van der Waals surface area contributed by atoms with Crippen molar-refractivity contribution in [3.63, 3.8) is 0 Å². The third-order valence-corrected chi connectivity index (χ3v) is 14.9. The lowest BCUT2D eigenvalue weighted by Crippen LogP contribution is -2.41. The molecule has 0 bridgehead atoms. The molecule has 33 nitrogen and oxygen atoms in total. The highest BCUT2D eigenvalue weighted by atomic mass is 19.1. The van der Waals surface area contributed by atoms with E-state index in [1.165, 1.54) is 42.9 Å². The van der Waals surface area contributed by atoms with Crippen molar-refractivity contribution in [3.8, 4) is 22.3 Å². The van der Waals surface area contributed by atoms with Crippen molar-refractivity contribution in [3.05, 3.63) is 151 Å². The summed E-state index contributed by atoms with van der Waals surface area (Å²) in [5, 5.41) is 21.5. The van der Waals surface area contributed by atoms with Crippen LogP contribution in [0, 0.1) is 0 Å². The second kappa shape index (κ2) is 58.5. The lowest BCUT2D eigenvalue weighted by molar-refractivity contribution is -0.143. The number of likely N-dealkylation sites (N-methyl/N-ethyl adjacent to an activating group) is 6. The maximum absolute atomic E-state index is 12.6. The number of hydrogen-bond acceptors (Lipinski definition) is 21. The van der Waals surface area contributed by atoms with Gasteiger partial charge in [0.15, 0.2) is 11.6 Å². The first-order valence-corrected chi connectivity index (χ1v) is 33.3. The summed E-state index contributed by atoms with van der Waals surface area (Å²) in [5.74, 6) is -2.25. The Hall–Kier alpha value is -9.89. The highest BCUT2D eigenvalue weighted by Crippen LogP contribution is 2.46. The Bertz CT molecular complexity index is 3340. The summed E-state index contributed by atoms with van der Waals surface area (Å²) in [4.78, 5) is 110. The molecule has 4 aromatic rings. The number of Topliss-reactive ketones (excluding diaryl/α,β-unsaturated/α-hetero) is 2. The van der Waals surface area contributed by atoms with Gasteiger partial charge in [0, 0.05) is 114 Å². The van der Waals surface area contributed by atoms with E-state index in [4.69, 9.17) is 68.1 Å². The number of azide groups is 3. The fourth-order valence-electron chi connectivity index (χ4n) is 9.87. The number of fused-ring (bicyclic) bond motifs is 6. The Balaban J connectivity index is 0.000000740. The standard InChI is InChI=1S/C28H35N5O6.C21H22N2O5.C13H25N5O4.C6H14N4O2.2CH3F/c1-32(18-21(34)8-7-14-37-16-17-38-15-13-30-31-29)27(35)19-33(2)28(36)39-20-26-24-11-5-3-9-22(24)23-10-4-6-12-25(23)26;1-22(12-20(25)26)19(24)11-23(2)21(27)28-13-18-16-9-5-3-7-14(16)15-8-4-6-10-17(15)18;1-15-10-13(20)18(2)11-12(19)4-3-6-21-8-9-22-7-5-16-17-14;7-1-3-11-5-6-12-4-2-9-10-8;2*1-2/h3-6,9-12,26H,7-8,13-20H2,1-2H3;3-10,18H,11-13H2,1-2H3,(H,25,26);15H,3-11H2,1-2H3;1-7H2;2*1H3/i;;;;2*1D. The molecular formula is C70H102F2N16O17. The minimum Gasteiger partial charge on any atom is -0.480 e. The number of nitrogens with two attached hydrogens (primary N) is 1. The molecule has 0 radical (unpaired) electrons. The summed E-state index contributed by atoms with van der Waals surface area (Å²) in [6.07, 6.45) is 0.583. The summed E-state index contributed by atoms with van der Waals surface area (Å²) in [6.45, 7) is 6.51. The van der Waals surface area contributed by atoms with Crippen LogP contribution in [0.5, 0.6) is 0 Å². The third kappa shape index (κ3) is 38.4. The number of rotatable bonds is 44. The maximum atomic E-state index is 12.6.